The van der Waals surface area contributed by atoms with Crippen molar-refractivity contribution in [2.75, 3.05) is 0 Å². The fourth-order valence-electron chi connectivity index (χ4n) is 2.70. The maximum absolute atomic E-state index is 12.4. The second-order valence-corrected chi connectivity index (χ2v) is 6.92. The quantitative estimate of drug-likeness (QED) is 0.571. The predicted molar refractivity (Wildman–Crippen MR) is 98.7 cm³/mol. The normalized spacial score (nSPS) is 11.2. The number of hydrogen-bond acceptors (Lipinski definition) is 4. The molecule has 0 saturated heterocycles. The molecule has 2 aromatic carbocycles. The Kier molecular flexibility index (Phi) is 3.66. The number of rotatable bonds is 3. The van der Waals surface area contributed by atoms with Crippen molar-refractivity contribution in [2.45, 2.75) is 13.5 Å². The lowest BCUT2D eigenvalue weighted by Gasteiger charge is -2.08. The Balaban J connectivity index is 1.84. The number of para-hydroxylation sites is 1. The van der Waals surface area contributed by atoms with E-state index in [1.807, 2.05) is 60.0 Å². The van der Waals surface area contributed by atoms with Crippen molar-refractivity contribution >= 4 is 33.8 Å². The highest BCUT2D eigenvalue weighted by atomic mass is 32.1. The Morgan fingerprint density at radius 3 is 2.71 bits per heavy atom. The first kappa shape index (κ1) is 15.0. The maximum Gasteiger partial charge on any atom is 0.308 e. The van der Waals surface area contributed by atoms with Gasteiger partial charge in [-0.3, -0.25) is 19.0 Å². The van der Waals surface area contributed by atoms with E-state index in [1.54, 1.807) is 4.57 Å². The second-order valence-electron chi connectivity index (χ2n) is 5.54. The van der Waals surface area contributed by atoms with Crippen molar-refractivity contribution in [2.24, 2.45) is 0 Å². The molecule has 0 unspecified atom stereocenters. The predicted octanol–water partition coefficient (Wildman–Crippen LogP) is 3.66. The monoisotopic (exact) mass is 354 g/mol. The zero-order chi connectivity index (χ0) is 16.7. The molecule has 0 aliphatic carbocycles. The highest BCUT2D eigenvalue weighted by molar-refractivity contribution is 7.71. The molecular formula is C17H14N4OS2. The van der Waals surface area contributed by atoms with Crippen LogP contribution >= 0.6 is 23.6 Å². The minimum atomic E-state index is 0.000532. The van der Waals surface area contributed by atoms with Crippen molar-refractivity contribution in [3.8, 4) is 5.69 Å². The minimum absolute atomic E-state index is 0.000532. The number of aryl methyl sites for hydroxylation is 1. The summed E-state index contributed by atoms with van der Waals surface area (Å²) in [7, 11) is 0. The highest BCUT2D eigenvalue weighted by Gasteiger charge is 2.13. The van der Waals surface area contributed by atoms with E-state index in [0.29, 0.717) is 17.1 Å². The summed E-state index contributed by atoms with van der Waals surface area (Å²) in [5, 5.41) is 7.16. The number of thiazole rings is 1. The third kappa shape index (κ3) is 2.51. The van der Waals surface area contributed by atoms with E-state index < -0.39 is 0 Å². The Morgan fingerprint density at radius 2 is 1.92 bits per heavy atom. The van der Waals surface area contributed by atoms with Gasteiger partial charge in [0.25, 0.3) is 0 Å². The highest BCUT2D eigenvalue weighted by Crippen LogP contribution is 2.19. The summed E-state index contributed by atoms with van der Waals surface area (Å²) in [6, 6.07) is 15.8. The number of hydrogen-bond donors (Lipinski definition) is 1. The van der Waals surface area contributed by atoms with Crippen molar-refractivity contribution in [1.82, 2.24) is 19.3 Å². The third-order valence-corrected chi connectivity index (χ3v) is 5.14. The zero-order valence-electron chi connectivity index (χ0n) is 12.9. The van der Waals surface area contributed by atoms with Gasteiger partial charge >= 0.3 is 4.87 Å². The Hall–Kier alpha value is -2.51. The lowest BCUT2D eigenvalue weighted by molar-refractivity contribution is 0.734. The van der Waals surface area contributed by atoms with Gasteiger partial charge in [-0.2, -0.15) is 5.10 Å². The summed E-state index contributed by atoms with van der Waals surface area (Å²) in [5.41, 5.74) is 3.02. The van der Waals surface area contributed by atoms with Gasteiger partial charge in [-0.05, 0) is 43.4 Å². The van der Waals surface area contributed by atoms with Gasteiger partial charge in [0.2, 0.25) is 0 Å². The molecule has 0 atom stereocenters. The van der Waals surface area contributed by atoms with Crippen molar-refractivity contribution in [3.05, 3.63) is 74.4 Å². The van der Waals surface area contributed by atoms with Gasteiger partial charge in [-0.15, -0.1) is 0 Å². The first-order chi connectivity index (χ1) is 11.6. The van der Waals surface area contributed by atoms with E-state index in [9.17, 15) is 4.79 Å². The van der Waals surface area contributed by atoms with Crippen LogP contribution in [-0.4, -0.2) is 19.3 Å². The Labute approximate surface area is 146 Å². The molecule has 1 N–H and O–H groups in total. The lowest BCUT2D eigenvalue weighted by atomic mass is 10.2. The van der Waals surface area contributed by atoms with E-state index >= 15 is 0 Å². The van der Waals surface area contributed by atoms with Crippen LogP contribution < -0.4 is 4.87 Å². The molecule has 4 aromatic rings. The molecule has 24 heavy (non-hydrogen) atoms. The number of aromatic amines is 1. The molecule has 0 bridgehead atoms. The van der Waals surface area contributed by atoms with Gasteiger partial charge in [0.05, 0.1) is 16.8 Å². The van der Waals surface area contributed by atoms with Gasteiger partial charge in [-0.1, -0.05) is 41.2 Å². The van der Waals surface area contributed by atoms with Crippen LogP contribution in [0.5, 0.6) is 0 Å². The van der Waals surface area contributed by atoms with Crippen LogP contribution in [0.25, 0.3) is 15.9 Å². The molecule has 0 amide bonds. The van der Waals surface area contributed by atoms with E-state index in [4.69, 9.17) is 12.2 Å². The summed E-state index contributed by atoms with van der Waals surface area (Å²) in [6.07, 6.45) is 0. The number of aromatic nitrogens is 4. The van der Waals surface area contributed by atoms with Gasteiger partial charge in [0.15, 0.2) is 10.6 Å². The van der Waals surface area contributed by atoms with Crippen LogP contribution in [0.4, 0.5) is 0 Å². The largest absolute Gasteiger partial charge is 0.308 e. The van der Waals surface area contributed by atoms with Gasteiger partial charge in [0.1, 0.15) is 0 Å². The Morgan fingerprint density at radius 1 is 1.17 bits per heavy atom. The average molecular weight is 354 g/mol. The molecule has 5 nitrogen and oxygen atoms in total. The van der Waals surface area contributed by atoms with Crippen LogP contribution in [-0.2, 0) is 6.54 Å². The number of fused-ring (bicyclic) bond motifs is 1. The van der Waals surface area contributed by atoms with Gasteiger partial charge in [-0.25, -0.2) is 0 Å². The minimum Gasteiger partial charge on any atom is -0.291 e. The summed E-state index contributed by atoms with van der Waals surface area (Å²) >= 11 is 6.61. The molecule has 0 fully saturated rings. The summed E-state index contributed by atoms with van der Waals surface area (Å²) < 4.78 is 5.09. The molecule has 0 radical (unpaired) electrons. The number of benzene rings is 2. The Bertz CT molecular complexity index is 1130. The van der Waals surface area contributed by atoms with Crippen LogP contribution in [0.3, 0.4) is 0 Å². The molecule has 0 aliphatic heterocycles. The van der Waals surface area contributed by atoms with Crippen LogP contribution in [0, 0.1) is 11.7 Å². The molecule has 4 rings (SSSR count). The number of nitrogens with zero attached hydrogens (tertiary/aromatic N) is 3. The number of H-pyrrole nitrogens is 1. The third-order valence-electron chi connectivity index (χ3n) is 3.91. The smallest absolute Gasteiger partial charge is 0.291 e. The van der Waals surface area contributed by atoms with Gasteiger partial charge < -0.3 is 0 Å². The fourth-order valence-corrected chi connectivity index (χ4v) is 3.85. The maximum atomic E-state index is 12.4. The van der Waals surface area contributed by atoms with Crippen LogP contribution in [0.1, 0.15) is 11.4 Å². The van der Waals surface area contributed by atoms with E-state index in [1.165, 1.54) is 16.9 Å². The molecule has 2 aromatic heterocycles. The molecule has 0 aliphatic rings. The standard InChI is InChI=1S/C17H14N4OS2/c1-11-6-8-12(9-7-11)21-15(18-19-16(21)23)10-20-13-4-2-3-5-14(13)24-17(20)22/h2-9H,10H2,1H3,(H,19,23). The van der Waals surface area contributed by atoms with Crippen molar-refractivity contribution < 1.29 is 0 Å². The molecule has 7 heteroatoms. The first-order valence-electron chi connectivity index (χ1n) is 7.45. The fraction of sp³-hybridized carbons (Fsp3) is 0.118. The first-order valence-corrected chi connectivity index (χ1v) is 8.67. The molecule has 2 heterocycles. The summed E-state index contributed by atoms with van der Waals surface area (Å²) in [5.74, 6) is 0.703. The van der Waals surface area contributed by atoms with Crippen LogP contribution in [0.15, 0.2) is 53.3 Å². The molecular weight excluding hydrogens is 340 g/mol. The zero-order valence-corrected chi connectivity index (χ0v) is 14.5. The van der Waals surface area contributed by atoms with E-state index in [-0.39, 0.29) is 4.87 Å². The van der Waals surface area contributed by atoms with Crippen molar-refractivity contribution in [3.63, 3.8) is 0 Å². The SMILES string of the molecule is Cc1ccc(-n2c(Cn3c(=O)sc4ccccc43)n[nH]c2=S)cc1. The molecule has 120 valence electrons. The number of nitrogens with one attached hydrogen (secondary N) is 1. The topological polar surface area (TPSA) is 55.6 Å². The van der Waals surface area contributed by atoms with Gasteiger partial charge in [0, 0.05) is 5.69 Å². The van der Waals surface area contributed by atoms with E-state index in [2.05, 4.69) is 10.2 Å². The molecule has 0 spiro atoms. The van der Waals surface area contributed by atoms with E-state index in [0.717, 1.165) is 15.9 Å². The van der Waals surface area contributed by atoms with Crippen LogP contribution in [0.2, 0.25) is 0 Å². The summed E-state index contributed by atoms with van der Waals surface area (Å²) in [6.45, 7) is 2.40. The van der Waals surface area contributed by atoms with Crippen molar-refractivity contribution in [1.29, 1.82) is 0 Å². The lowest BCUT2D eigenvalue weighted by Crippen LogP contribution is -2.16. The average Bonchev–Trinajstić information content (AvgIpc) is 3.09. The molecule has 0 saturated carbocycles. The second kappa shape index (κ2) is 5.85. The summed E-state index contributed by atoms with van der Waals surface area (Å²) in [4.78, 5) is 12.4.